The number of carbonyl (C=O) groups excluding carboxylic acids is 2. The van der Waals surface area contributed by atoms with Crippen LogP contribution in [0.25, 0.3) is 0 Å². The van der Waals surface area contributed by atoms with Crippen molar-refractivity contribution in [1.29, 1.82) is 0 Å². The summed E-state index contributed by atoms with van der Waals surface area (Å²) in [5.74, 6) is 1.54. The maximum absolute atomic E-state index is 12.9. The summed E-state index contributed by atoms with van der Waals surface area (Å²) in [5, 5.41) is 3.21. The van der Waals surface area contributed by atoms with Gasteiger partial charge in [-0.1, -0.05) is 6.92 Å². The van der Waals surface area contributed by atoms with Crippen LogP contribution in [0.5, 0.6) is 0 Å². The van der Waals surface area contributed by atoms with Crippen LogP contribution in [0.4, 0.5) is 0 Å². The Morgan fingerprint density at radius 1 is 1.38 bits per heavy atom. The molecule has 5 heterocycles. The largest absolute Gasteiger partial charge is 0.469 e. The minimum atomic E-state index is -0.200. The molecule has 1 unspecified atom stereocenters. The predicted octanol–water partition coefficient (Wildman–Crippen LogP) is 2.01. The van der Waals surface area contributed by atoms with Crippen LogP contribution >= 0.6 is 0 Å². The zero-order valence-electron chi connectivity index (χ0n) is 16.8. The van der Waals surface area contributed by atoms with Gasteiger partial charge in [0.25, 0.3) is 5.91 Å². The van der Waals surface area contributed by atoms with Crippen molar-refractivity contribution >= 4 is 11.8 Å². The number of hydrogen-bond acceptors (Lipinski definition) is 5. The van der Waals surface area contributed by atoms with Crippen molar-refractivity contribution in [2.75, 3.05) is 19.7 Å². The van der Waals surface area contributed by atoms with Crippen LogP contribution < -0.4 is 5.32 Å². The molecule has 154 valence electrons. The number of hydrogen-bond donors (Lipinski definition) is 1. The third-order valence-corrected chi connectivity index (χ3v) is 6.58. The van der Waals surface area contributed by atoms with E-state index in [9.17, 15) is 9.59 Å². The molecule has 3 aliphatic heterocycles. The first-order chi connectivity index (χ1) is 14.0. The van der Waals surface area contributed by atoms with Crippen LogP contribution in [0.1, 0.15) is 54.2 Å². The van der Waals surface area contributed by atoms with Gasteiger partial charge in [0.15, 0.2) is 0 Å². The van der Waals surface area contributed by atoms with Crippen molar-refractivity contribution in [1.82, 2.24) is 19.8 Å². The number of nitrogens with zero attached hydrogens (tertiary/aromatic N) is 3. The van der Waals surface area contributed by atoms with Gasteiger partial charge < -0.3 is 23.9 Å². The summed E-state index contributed by atoms with van der Waals surface area (Å²) < 4.78 is 13.1. The molecule has 2 fully saturated rings. The van der Waals surface area contributed by atoms with E-state index in [-0.39, 0.29) is 35.4 Å². The summed E-state index contributed by atoms with van der Waals surface area (Å²) in [4.78, 5) is 31.9. The fourth-order valence-electron chi connectivity index (χ4n) is 5.12. The molecular weight excluding hydrogens is 372 g/mol. The van der Waals surface area contributed by atoms with Crippen LogP contribution in [0.3, 0.4) is 0 Å². The first-order valence-corrected chi connectivity index (χ1v) is 10.3. The highest BCUT2D eigenvalue weighted by Gasteiger charge is 2.54. The number of aromatic nitrogens is 2. The van der Waals surface area contributed by atoms with Gasteiger partial charge in [0, 0.05) is 38.5 Å². The highest BCUT2D eigenvalue weighted by molar-refractivity contribution is 5.94. The normalized spacial score (nSPS) is 27.1. The van der Waals surface area contributed by atoms with E-state index in [2.05, 4.69) is 21.8 Å². The fraction of sp³-hybridized carbons (Fsp3) is 0.571. The van der Waals surface area contributed by atoms with Crippen molar-refractivity contribution in [2.45, 2.75) is 50.8 Å². The van der Waals surface area contributed by atoms with Crippen molar-refractivity contribution in [3.05, 3.63) is 41.9 Å². The number of nitrogens with one attached hydrogen (secondary N) is 1. The quantitative estimate of drug-likeness (QED) is 0.851. The van der Waals surface area contributed by atoms with E-state index in [1.165, 1.54) is 6.26 Å². The molecule has 3 aliphatic rings. The standard InChI is InChI=1S/C21H26N4O4/c1-3-17-15(4-7-28-17)19(26)23-16-9-21(25-6-5-22-18(16)25)11-24(12-21)20(27)14-8-13(2)29-10-14/h5-6,8,10,15-17H,3-4,7,9,11-12H2,1-2H3,(H,23,26)/t15-,16?,17+/m1/s1. The molecule has 0 radical (unpaired) electrons. The van der Waals surface area contributed by atoms with E-state index in [1.54, 1.807) is 12.3 Å². The summed E-state index contributed by atoms with van der Waals surface area (Å²) in [6.07, 6.45) is 7.60. The molecule has 0 aromatic carbocycles. The second kappa shape index (κ2) is 6.73. The Hall–Kier alpha value is -2.61. The van der Waals surface area contributed by atoms with Gasteiger partial charge >= 0.3 is 0 Å². The van der Waals surface area contributed by atoms with Crippen LogP contribution in [0.15, 0.2) is 29.1 Å². The first-order valence-electron chi connectivity index (χ1n) is 10.3. The van der Waals surface area contributed by atoms with Crippen LogP contribution in [-0.4, -0.2) is 52.1 Å². The lowest BCUT2D eigenvalue weighted by molar-refractivity contribution is -0.127. The SMILES string of the molecule is CC[C@@H]1OCC[C@H]1C(=O)NC1CC2(CN(C(=O)c3coc(C)c3)C2)n2ccnc21. The summed E-state index contributed by atoms with van der Waals surface area (Å²) in [7, 11) is 0. The minimum absolute atomic E-state index is 0.000316. The zero-order valence-corrected chi connectivity index (χ0v) is 16.8. The molecule has 0 aliphatic carbocycles. The molecular formula is C21H26N4O4. The van der Waals surface area contributed by atoms with Crippen LogP contribution in [0, 0.1) is 12.8 Å². The molecule has 29 heavy (non-hydrogen) atoms. The highest BCUT2D eigenvalue weighted by Crippen LogP contribution is 2.45. The molecule has 2 saturated heterocycles. The number of amides is 2. The maximum atomic E-state index is 12.9. The van der Waals surface area contributed by atoms with Gasteiger partial charge in [-0.15, -0.1) is 0 Å². The van der Waals surface area contributed by atoms with Gasteiger partial charge in [-0.05, 0) is 25.8 Å². The smallest absolute Gasteiger partial charge is 0.257 e. The number of aryl methyl sites for hydroxylation is 1. The summed E-state index contributed by atoms with van der Waals surface area (Å²) >= 11 is 0. The Morgan fingerprint density at radius 3 is 2.93 bits per heavy atom. The third-order valence-electron chi connectivity index (χ3n) is 6.58. The molecule has 0 saturated carbocycles. The molecule has 2 amide bonds. The van der Waals surface area contributed by atoms with E-state index < -0.39 is 0 Å². The van der Waals surface area contributed by atoms with Crippen LogP contribution in [-0.2, 0) is 15.1 Å². The van der Waals surface area contributed by atoms with Gasteiger partial charge in [0.2, 0.25) is 5.91 Å². The number of ether oxygens (including phenoxy) is 1. The third kappa shape index (κ3) is 2.88. The van der Waals surface area contributed by atoms with Gasteiger partial charge in [0.05, 0.1) is 29.2 Å². The van der Waals surface area contributed by atoms with Crippen molar-refractivity contribution in [2.24, 2.45) is 5.92 Å². The van der Waals surface area contributed by atoms with Crippen LogP contribution in [0.2, 0.25) is 0 Å². The van der Waals surface area contributed by atoms with E-state index in [1.807, 2.05) is 18.0 Å². The van der Waals surface area contributed by atoms with Gasteiger partial charge in [-0.2, -0.15) is 0 Å². The Bertz CT molecular complexity index is 942. The number of likely N-dealkylation sites (tertiary alicyclic amines) is 1. The van der Waals surface area contributed by atoms with Crippen molar-refractivity contribution in [3.8, 4) is 0 Å². The second-order valence-electron chi connectivity index (χ2n) is 8.46. The number of furan rings is 1. The van der Waals surface area contributed by atoms with Gasteiger partial charge in [0.1, 0.15) is 17.8 Å². The zero-order chi connectivity index (χ0) is 20.2. The number of imidazole rings is 1. The lowest BCUT2D eigenvalue weighted by Gasteiger charge is -2.49. The number of rotatable bonds is 4. The Morgan fingerprint density at radius 2 is 2.21 bits per heavy atom. The monoisotopic (exact) mass is 398 g/mol. The maximum Gasteiger partial charge on any atom is 0.257 e. The molecule has 8 heteroatoms. The van der Waals surface area contributed by atoms with Gasteiger partial charge in [-0.3, -0.25) is 9.59 Å². The highest BCUT2D eigenvalue weighted by atomic mass is 16.5. The Kier molecular flexibility index (Phi) is 4.27. The lowest BCUT2D eigenvalue weighted by Crippen LogP contribution is -2.63. The molecule has 5 rings (SSSR count). The summed E-state index contributed by atoms with van der Waals surface area (Å²) in [6.45, 7) is 5.74. The van der Waals surface area contributed by atoms with Crippen molar-refractivity contribution < 1.29 is 18.7 Å². The molecule has 1 N–H and O–H groups in total. The molecule has 0 bridgehead atoms. The van der Waals surface area contributed by atoms with Crippen molar-refractivity contribution in [3.63, 3.8) is 0 Å². The molecule has 2 aromatic rings. The van der Waals surface area contributed by atoms with E-state index in [0.717, 1.165) is 30.8 Å². The van der Waals surface area contributed by atoms with E-state index in [4.69, 9.17) is 9.15 Å². The predicted molar refractivity (Wildman–Crippen MR) is 103 cm³/mol. The first kappa shape index (κ1) is 18.4. The Labute approximate surface area is 169 Å². The minimum Gasteiger partial charge on any atom is -0.469 e. The second-order valence-corrected chi connectivity index (χ2v) is 8.46. The molecule has 2 aromatic heterocycles. The molecule has 8 nitrogen and oxygen atoms in total. The topological polar surface area (TPSA) is 89.6 Å². The van der Waals surface area contributed by atoms with E-state index in [0.29, 0.717) is 25.3 Å². The van der Waals surface area contributed by atoms with Gasteiger partial charge in [-0.25, -0.2) is 4.98 Å². The summed E-state index contributed by atoms with van der Waals surface area (Å²) in [6, 6.07) is 1.63. The molecule has 1 spiro atoms. The molecule has 3 atom stereocenters. The van der Waals surface area contributed by atoms with E-state index >= 15 is 0 Å². The fourth-order valence-corrected chi connectivity index (χ4v) is 5.12. The lowest BCUT2D eigenvalue weighted by atomic mass is 9.85. The summed E-state index contributed by atoms with van der Waals surface area (Å²) in [5.41, 5.74) is 0.382. The average Bonchev–Trinajstić information content (AvgIpc) is 3.44. The average molecular weight is 398 g/mol. The Balaban J connectivity index is 1.28. The number of fused-ring (bicyclic) bond motifs is 2. The number of carbonyl (C=O) groups is 2.